The van der Waals surface area contributed by atoms with Crippen molar-refractivity contribution in [1.29, 1.82) is 0 Å². The molecule has 5 aromatic carbocycles. The fourth-order valence-corrected chi connectivity index (χ4v) is 5.53. The SMILES string of the molecule is CC(C)(COc1ccc(Cl)cc1)CC(=O)Oc1cc2ccc(Cl)cc2c(OC(=O)c2ccccc2)c1OC(=O)CC(C)(C)COc1ccc(Cl)cc1. The molecule has 52 heavy (non-hydrogen) atoms. The van der Waals surface area contributed by atoms with E-state index in [0.29, 0.717) is 37.3 Å². The van der Waals surface area contributed by atoms with Crippen LogP contribution in [0.3, 0.4) is 0 Å². The van der Waals surface area contributed by atoms with Crippen molar-refractivity contribution < 1.29 is 38.1 Å². The highest BCUT2D eigenvalue weighted by Gasteiger charge is 2.31. The Bertz CT molecular complexity index is 2040. The topological polar surface area (TPSA) is 97.4 Å². The van der Waals surface area contributed by atoms with Gasteiger partial charge in [0, 0.05) is 31.3 Å². The lowest BCUT2D eigenvalue weighted by Crippen LogP contribution is -2.28. The second-order valence-electron chi connectivity index (χ2n) is 13.8. The van der Waals surface area contributed by atoms with E-state index < -0.39 is 28.7 Å². The number of hydrogen-bond donors (Lipinski definition) is 0. The minimum atomic E-state index is -0.722. The Morgan fingerprint density at radius 1 is 0.558 bits per heavy atom. The summed E-state index contributed by atoms with van der Waals surface area (Å²) in [6, 6.07) is 28.5. The van der Waals surface area contributed by atoms with Gasteiger partial charge in [-0.15, -0.1) is 0 Å². The molecule has 5 rings (SSSR count). The Hall–Kier alpha value is -4.76. The molecular weight excluding hydrogens is 727 g/mol. The van der Waals surface area contributed by atoms with E-state index in [1.807, 2.05) is 27.7 Å². The minimum absolute atomic E-state index is 0.0686. The molecule has 0 atom stereocenters. The number of rotatable bonds is 14. The molecule has 11 heteroatoms. The largest absolute Gasteiger partial charge is 0.493 e. The molecule has 0 heterocycles. The number of halogens is 3. The van der Waals surface area contributed by atoms with E-state index in [-0.39, 0.29) is 48.9 Å². The number of benzene rings is 5. The van der Waals surface area contributed by atoms with E-state index in [1.165, 1.54) is 6.07 Å². The quantitative estimate of drug-likeness (QED) is 0.0814. The van der Waals surface area contributed by atoms with Crippen molar-refractivity contribution in [2.24, 2.45) is 10.8 Å². The Kier molecular flexibility index (Phi) is 12.4. The summed E-state index contributed by atoms with van der Waals surface area (Å²) >= 11 is 18.4. The Morgan fingerprint density at radius 2 is 1.06 bits per heavy atom. The van der Waals surface area contributed by atoms with Crippen LogP contribution in [-0.4, -0.2) is 31.1 Å². The van der Waals surface area contributed by atoms with Gasteiger partial charge < -0.3 is 23.7 Å². The third-order valence-electron chi connectivity index (χ3n) is 7.75. The molecule has 0 aromatic heterocycles. The van der Waals surface area contributed by atoms with Gasteiger partial charge in [0.25, 0.3) is 0 Å². The zero-order chi connectivity index (χ0) is 37.5. The Labute approximate surface area is 317 Å². The molecule has 8 nitrogen and oxygen atoms in total. The fraction of sp³-hybridized carbons (Fsp3) is 0.244. The van der Waals surface area contributed by atoms with E-state index >= 15 is 0 Å². The number of hydrogen-bond acceptors (Lipinski definition) is 8. The third kappa shape index (κ3) is 10.9. The van der Waals surface area contributed by atoms with Gasteiger partial charge in [0.05, 0.1) is 31.6 Å². The monoisotopic (exact) mass is 762 g/mol. The van der Waals surface area contributed by atoms with Crippen molar-refractivity contribution in [2.75, 3.05) is 13.2 Å². The summed E-state index contributed by atoms with van der Waals surface area (Å²) in [5.41, 5.74) is -1.13. The normalized spacial score (nSPS) is 11.5. The number of carbonyl (C=O) groups is 3. The predicted octanol–water partition coefficient (Wildman–Crippen LogP) is 10.8. The van der Waals surface area contributed by atoms with E-state index in [1.54, 1.807) is 97.1 Å². The molecule has 5 aromatic rings. The van der Waals surface area contributed by atoms with Crippen LogP contribution in [0.5, 0.6) is 28.7 Å². The molecule has 0 aliphatic carbocycles. The summed E-state index contributed by atoms with van der Waals surface area (Å²) in [7, 11) is 0. The molecule has 0 saturated heterocycles. The van der Waals surface area contributed by atoms with Crippen molar-refractivity contribution in [1.82, 2.24) is 0 Å². The van der Waals surface area contributed by atoms with Gasteiger partial charge in [-0.2, -0.15) is 0 Å². The maximum Gasteiger partial charge on any atom is 0.343 e. The van der Waals surface area contributed by atoms with Crippen LogP contribution in [0.4, 0.5) is 0 Å². The highest BCUT2D eigenvalue weighted by Crippen LogP contribution is 2.46. The molecule has 0 spiro atoms. The van der Waals surface area contributed by atoms with Gasteiger partial charge in [0.2, 0.25) is 5.75 Å². The second kappa shape index (κ2) is 16.7. The van der Waals surface area contributed by atoms with E-state index in [0.717, 1.165) is 0 Å². The molecule has 0 unspecified atom stereocenters. The maximum atomic E-state index is 13.7. The lowest BCUT2D eigenvalue weighted by molar-refractivity contribution is -0.140. The van der Waals surface area contributed by atoms with Crippen LogP contribution in [0, 0.1) is 10.8 Å². The van der Waals surface area contributed by atoms with E-state index in [2.05, 4.69) is 0 Å². The van der Waals surface area contributed by atoms with Crippen LogP contribution in [0.25, 0.3) is 10.8 Å². The van der Waals surface area contributed by atoms with Gasteiger partial charge in [0.1, 0.15) is 11.5 Å². The summed E-state index contributed by atoms with van der Waals surface area (Å²) in [5.74, 6) is -1.35. The van der Waals surface area contributed by atoms with Crippen LogP contribution >= 0.6 is 34.8 Å². The molecule has 0 bridgehead atoms. The van der Waals surface area contributed by atoms with Gasteiger partial charge in [-0.3, -0.25) is 9.59 Å². The summed E-state index contributed by atoms with van der Waals surface area (Å²) in [4.78, 5) is 40.7. The maximum absolute atomic E-state index is 13.7. The zero-order valence-corrected chi connectivity index (χ0v) is 31.3. The summed E-state index contributed by atoms with van der Waals surface area (Å²) in [6.45, 7) is 7.76. The molecule has 0 amide bonds. The first-order valence-electron chi connectivity index (χ1n) is 16.4. The third-order valence-corrected chi connectivity index (χ3v) is 8.49. The van der Waals surface area contributed by atoms with Gasteiger partial charge in [-0.1, -0.05) is 86.8 Å². The first kappa shape index (κ1) is 38.5. The standard InChI is InChI=1S/C41H37Cl3O8/c1-40(2,24-48-31-16-12-28(42)13-17-31)22-35(45)50-34-20-27-10-11-30(44)21-33(27)37(52-39(47)26-8-6-5-7-9-26)38(34)51-36(46)23-41(3,4)25-49-32-18-14-29(43)15-19-32/h5-21H,22-25H2,1-4H3. The number of carbonyl (C=O) groups excluding carboxylic acids is 3. The van der Waals surface area contributed by atoms with Crippen LogP contribution < -0.4 is 23.7 Å². The van der Waals surface area contributed by atoms with Crippen molar-refractivity contribution in [3.05, 3.63) is 124 Å². The van der Waals surface area contributed by atoms with Crippen LogP contribution in [-0.2, 0) is 9.59 Å². The van der Waals surface area contributed by atoms with Crippen molar-refractivity contribution in [2.45, 2.75) is 40.5 Å². The highest BCUT2D eigenvalue weighted by atomic mass is 35.5. The van der Waals surface area contributed by atoms with Crippen LogP contribution in [0.1, 0.15) is 50.9 Å². The number of esters is 3. The number of ether oxygens (including phenoxy) is 5. The molecule has 270 valence electrons. The van der Waals surface area contributed by atoms with Gasteiger partial charge in [0.15, 0.2) is 11.5 Å². The Balaban J connectivity index is 1.44. The molecular formula is C41H37Cl3O8. The first-order chi connectivity index (χ1) is 24.7. The Morgan fingerprint density at radius 3 is 1.60 bits per heavy atom. The summed E-state index contributed by atoms with van der Waals surface area (Å²) < 4.78 is 29.6. The van der Waals surface area contributed by atoms with Crippen LogP contribution in [0.15, 0.2) is 103 Å². The lowest BCUT2D eigenvalue weighted by Gasteiger charge is -2.25. The van der Waals surface area contributed by atoms with Crippen molar-refractivity contribution in [3.8, 4) is 28.7 Å². The minimum Gasteiger partial charge on any atom is -0.493 e. The molecule has 0 aliphatic rings. The zero-order valence-electron chi connectivity index (χ0n) is 29.0. The molecule has 0 N–H and O–H groups in total. The summed E-state index contributed by atoms with van der Waals surface area (Å²) in [6.07, 6.45) is -0.177. The van der Waals surface area contributed by atoms with Crippen molar-refractivity contribution >= 4 is 63.5 Å². The summed E-state index contributed by atoms with van der Waals surface area (Å²) in [5, 5.41) is 2.37. The van der Waals surface area contributed by atoms with E-state index in [9.17, 15) is 14.4 Å². The smallest absolute Gasteiger partial charge is 0.343 e. The average molecular weight is 764 g/mol. The predicted molar refractivity (Wildman–Crippen MR) is 202 cm³/mol. The average Bonchev–Trinajstić information content (AvgIpc) is 3.09. The number of fused-ring (bicyclic) bond motifs is 1. The van der Waals surface area contributed by atoms with Crippen molar-refractivity contribution in [3.63, 3.8) is 0 Å². The first-order valence-corrected chi connectivity index (χ1v) is 17.5. The van der Waals surface area contributed by atoms with Gasteiger partial charge in [-0.05, 0) is 84.2 Å². The molecule has 0 aliphatic heterocycles. The molecule has 0 saturated carbocycles. The van der Waals surface area contributed by atoms with Gasteiger partial charge in [-0.25, -0.2) is 4.79 Å². The molecule has 0 fully saturated rings. The second-order valence-corrected chi connectivity index (χ2v) is 15.1. The lowest BCUT2D eigenvalue weighted by atomic mass is 9.90. The van der Waals surface area contributed by atoms with Gasteiger partial charge >= 0.3 is 17.9 Å². The van der Waals surface area contributed by atoms with E-state index in [4.69, 9.17) is 58.5 Å². The van der Waals surface area contributed by atoms with Crippen LogP contribution in [0.2, 0.25) is 15.1 Å². The molecule has 0 radical (unpaired) electrons. The fourth-order valence-electron chi connectivity index (χ4n) is 5.10. The highest BCUT2D eigenvalue weighted by molar-refractivity contribution is 6.31.